The lowest BCUT2D eigenvalue weighted by Gasteiger charge is -2.11. The molecule has 0 radical (unpaired) electrons. The molecule has 0 aromatic heterocycles. The summed E-state index contributed by atoms with van der Waals surface area (Å²) in [6.07, 6.45) is 4.04. The van der Waals surface area contributed by atoms with E-state index < -0.39 is 0 Å². The number of halogens is 1. The maximum absolute atomic E-state index is 5.94. The van der Waals surface area contributed by atoms with Gasteiger partial charge in [0.1, 0.15) is 5.76 Å². The van der Waals surface area contributed by atoms with E-state index in [1.165, 1.54) is 0 Å². The van der Waals surface area contributed by atoms with Crippen LogP contribution < -0.4 is 0 Å². The first-order valence-corrected chi connectivity index (χ1v) is 7.44. The molecule has 0 saturated heterocycles. The van der Waals surface area contributed by atoms with Crippen LogP contribution in [-0.2, 0) is 4.74 Å². The first kappa shape index (κ1) is 14.7. The first-order valence-electron chi connectivity index (χ1n) is 6.91. The number of alkyl halides is 1. The van der Waals surface area contributed by atoms with Gasteiger partial charge in [-0.2, -0.15) is 0 Å². The Morgan fingerprint density at radius 3 is 2.20 bits per heavy atom. The van der Waals surface area contributed by atoms with Crippen LogP contribution in [0.2, 0.25) is 0 Å². The smallest absolute Gasteiger partial charge is 0.127 e. The Labute approximate surface area is 125 Å². The average Bonchev–Trinajstić information content (AvgIpc) is 2.52. The van der Waals surface area contributed by atoms with Gasteiger partial charge < -0.3 is 4.74 Å². The molecule has 0 saturated carbocycles. The number of rotatable bonds is 7. The molecule has 0 aliphatic rings. The van der Waals surface area contributed by atoms with Gasteiger partial charge >= 0.3 is 0 Å². The van der Waals surface area contributed by atoms with Crippen LogP contribution >= 0.6 is 11.6 Å². The van der Waals surface area contributed by atoms with Crippen molar-refractivity contribution in [3.63, 3.8) is 0 Å². The third kappa shape index (κ3) is 4.75. The topological polar surface area (TPSA) is 9.23 Å². The summed E-state index contributed by atoms with van der Waals surface area (Å²) in [5.41, 5.74) is 2.24. The van der Waals surface area contributed by atoms with Crippen LogP contribution in [0.5, 0.6) is 0 Å². The highest BCUT2D eigenvalue weighted by Gasteiger charge is 2.02. The highest BCUT2D eigenvalue weighted by atomic mass is 35.5. The quantitative estimate of drug-likeness (QED) is 0.293. The molecule has 0 bridgehead atoms. The number of unbranched alkanes of at least 4 members (excludes halogenated alkanes) is 1. The molecule has 1 nitrogen and oxygen atoms in total. The monoisotopic (exact) mass is 286 g/mol. The van der Waals surface area contributed by atoms with Gasteiger partial charge in [0.15, 0.2) is 0 Å². The Kier molecular flexibility index (Phi) is 6.19. The van der Waals surface area contributed by atoms with Crippen molar-refractivity contribution in [2.24, 2.45) is 0 Å². The lowest BCUT2D eigenvalue weighted by molar-refractivity contribution is 0.272. The standard InChI is InChI=1S/C18H19ClO/c19-13-7-8-14-20-18(17-11-5-2-6-12-17)15-16-9-3-1-4-10-16/h1-6,9-12,15H,7-8,13-14H2. The van der Waals surface area contributed by atoms with Crippen molar-refractivity contribution in [3.8, 4) is 0 Å². The molecule has 0 unspecified atom stereocenters. The van der Waals surface area contributed by atoms with Crippen molar-refractivity contribution < 1.29 is 4.74 Å². The van der Waals surface area contributed by atoms with Gasteiger partial charge in [0.2, 0.25) is 0 Å². The molecule has 2 aromatic carbocycles. The Balaban J connectivity index is 2.14. The van der Waals surface area contributed by atoms with E-state index in [1.54, 1.807) is 0 Å². The van der Waals surface area contributed by atoms with Crippen molar-refractivity contribution in [2.75, 3.05) is 12.5 Å². The number of ether oxygens (including phenoxy) is 1. The summed E-state index contributed by atoms with van der Waals surface area (Å²) in [5, 5.41) is 0. The van der Waals surface area contributed by atoms with E-state index in [9.17, 15) is 0 Å². The largest absolute Gasteiger partial charge is 0.493 e. The molecule has 20 heavy (non-hydrogen) atoms. The van der Waals surface area contributed by atoms with Crippen molar-refractivity contribution in [1.82, 2.24) is 0 Å². The maximum Gasteiger partial charge on any atom is 0.127 e. The molecule has 0 fully saturated rings. The second kappa shape index (κ2) is 8.44. The molecule has 2 rings (SSSR count). The number of benzene rings is 2. The van der Waals surface area contributed by atoms with E-state index in [-0.39, 0.29) is 0 Å². The zero-order valence-corrected chi connectivity index (χ0v) is 12.2. The van der Waals surface area contributed by atoms with Gasteiger partial charge in [0.05, 0.1) is 6.61 Å². The van der Waals surface area contributed by atoms with Gasteiger partial charge in [-0.05, 0) is 24.5 Å². The Hall–Kier alpha value is -1.73. The summed E-state index contributed by atoms with van der Waals surface area (Å²) in [4.78, 5) is 0. The first-order chi connectivity index (χ1) is 9.90. The summed E-state index contributed by atoms with van der Waals surface area (Å²) >= 11 is 5.69. The molecule has 0 aliphatic carbocycles. The minimum atomic E-state index is 0.687. The van der Waals surface area contributed by atoms with Gasteiger partial charge in [-0.1, -0.05) is 60.7 Å². The molecule has 2 heteroatoms. The fourth-order valence-electron chi connectivity index (χ4n) is 1.89. The van der Waals surface area contributed by atoms with Gasteiger partial charge in [0.25, 0.3) is 0 Å². The second-order valence-corrected chi connectivity index (χ2v) is 4.91. The highest BCUT2D eigenvalue weighted by Crippen LogP contribution is 2.19. The minimum absolute atomic E-state index is 0.687. The molecule has 2 aromatic rings. The normalized spacial score (nSPS) is 11.3. The summed E-state index contributed by atoms with van der Waals surface area (Å²) in [6, 6.07) is 20.4. The Bertz CT molecular complexity index is 520. The summed E-state index contributed by atoms with van der Waals surface area (Å²) < 4.78 is 5.94. The second-order valence-electron chi connectivity index (χ2n) is 4.53. The molecule has 104 valence electrons. The van der Waals surface area contributed by atoms with Crippen LogP contribution in [0.4, 0.5) is 0 Å². The molecule has 0 spiro atoms. The van der Waals surface area contributed by atoms with E-state index >= 15 is 0 Å². The van der Waals surface area contributed by atoms with Crippen molar-refractivity contribution in [1.29, 1.82) is 0 Å². The predicted octanol–water partition coefficient (Wildman–Crippen LogP) is 5.22. The highest BCUT2D eigenvalue weighted by molar-refractivity contribution is 6.17. The summed E-state index contributed by atoms with van der Waals surface area (Å²) in [5.74, 6) is 1.60. The molecular weight excluding hydrogens is 268 g/mol. The van der Waals surface area contributed by atoms with E-state index in [1.807, 2.05) is 36.4 Å². The molecule has 0 N–H and O–H groups in total. The van der Waals surface area contributed by atoms with Crippen LogP contribution in [-0.4, -0.2) is 12.5 Å². The zero-order chi connectivity index (χ0) is 14.0. The van der Waals surface area contributed by atoms with Gasteiger partial charge in [-0.25, -0.2) is 0 Å². The SMILES string of the molecule is ClCCCCOC(=Cc1ccccc1)c1ccccc1. The lowest BCUT2D eigenvalue weighted by atomic mass is 10.1. The lowest BCUT2D eigenvalue weighted by Crippen LogP contribution is -1.95. The van der Waals surface area contributed by atoms with E-state index in [2.05, 4.69) is 30.3 Å². The van der Waals surface area contributed by atoms with Gasteiger partial charge in [-0.15, -0.1) is 11.6 Å². The minimum Gasteiger partial charge on any atom is -0.493 e. The van der Waals surface area contributed by atoms with Crippen LogP contribution in [0.1, 0.15) is 24.0 Å². The predicted molar refractivity (Wildman–Crippen MR) is 86.7 cm³/mol. The average molecular weight is 287 g/mol. The van der Waals surface area contributed by atoms with Crippen LogP contribution in [0.3, 0.4) is 0 Å². The maximum atomic E-state index is 5.94. The van der Waals surface area contributed by atoms with Crippen molar-refractivity contribution in [2.45, 2.75) is 12.8 Å². The van der Waals surface area contributed by atoms with Crippen LogP contribution in [0.15, 0.2) is 60.7 Å². The third-order valence-corrected chi connectivity index (χ3v) is 3.21. The fourth-order valence-corrected chi connectivity index (χ4v) is 2.08. The Morgan fingerprint density at radius 1 is 0.900 bits per heavy atom. The molecular formula is C18H19ClO. The number of hydrogen-bond acceptors (Lipinski definition) is 1. The van der Waals surface area contributed by atoms with Crippen molar-refractivity contribution in [3.05, 3.63) is 71.8 Å². The van der Waals surface area contributed by atoms with E-state index in [0.717, 1.165) is 29.7 Å². The Morgan fingerprint density at radius 2 is 1.55 bits per heavy atom. The number of hydrogen-bond donors (Lipinski definition) is 0. The van der Waals surface area contributed by atoms with Crippen LogP contribution in [0.25, 0.3) is 11.8 Å². The third-order valence-electron chi connectivity index (χ3n) is 2.94. The van der Waals surface area contributed by atoms with E-state index in [0.29, 0.717) is 12.5 Å². The van der Waals surface area contributed by atoms with Crippen molar-refractivity contribution >= 4 is 23.4 Å². The van der Waals surface area contributed by atoms with E-state index in [4.69, 9.17) is 16.3 Å². The summed E-state index contributed by atoms with van der Waals surface area (Å²) in [6.45, 7) is 0.695. The zero-order valence-electron chi connectivity index (χ0n) is 11.5. The summed E-state index contributed by atoms with van der Waals surface area (Å²) in [7, 11) is 0. The molecule has 0 atom stereocenters. The van der Waals surface area contributed by atoms with Gasteiger partial charge in [0, 0.05) is 11.4 Å². The molecule has 0 heterocycles. The van der Waals surface area contributed by atoms with Gasteiger partial charge in [-0.3, -0.25) is 0 Å². The molecule has 0 aliphatic heterocycles. The van der Waals surface area contributed by atoms with Crippen LogP contribution in [0, 0.1) is 0 Å². The fraction of sp³-hybridized carbons (Fsp3) is 0.222. The molecule has 0 amide bonds.